The number of sulfone groups is 1. The first-order valence-corrected chi connectivity index (χ1v) is 6.84. The number of hydrogen-bond donors (Lipinski definition) is 1. The normalized spacial score (nSPS) is 20.5. The fourth-order valence-electron chi connectivity index (χ4n) is 1.99. The molecule has 0 saturated carbocycles. The lowest BCUT2D eigenvalue weighted by atomic mass is 9.98. The molecule has 1 heterocycles. The van der Waals surface area contributed by atoms with Gasteiger partial charge >= 0.3 is 5.97 Å². The summed E-state index contributed by atoms with van der Waals surface area (Å²) in [4.78, 5) is 11.2. The van der Waals surface area contributed by atoms with Crippen molar-refractivity contribution in [2.75, 3.05) is 5.75 Å². The molecule has 0 fully saturated rings. The van der Waals surface area contributed by atoms with Gasteiger partial charge in [-0.15, -0.1) is 0 Å². The van der Waals surface area contributed by atoms with E-state index < -0.39 is 15.8 Å². The highest BCUT2D eigenvalue weighted by atomic mass is 32.2. The molecule has 0 unspecified atom stereocenters. The van der Waals surface area contributed by atoms with Gasteiger partial charge in [0.1, 0.15) is 0 Å². The predicted octanol–water partition coefficient (Wildman–Crippen LogP) is 1.72. The fourth-order valence-corrected chi connectivity index (χ4v) is 3.49. The average molecular weight is 252 g/mol. The van der Waals surface area contributed by atoms with E-state index in [1.165, 1.54) is 13.0 Å². The van der Waals surface area contributed by atoms with Gasteiger partial charge in [-0.25, -0.2) is 13.2 Å². The van der Waals surface area contributed by atoms with Crippen molar-refractivity contribution in [1.82, 2.24) is 0 Å². The molecule has 1 aliphatic heterocycles. The molecule has 1 N–H and O–H groups in total. The molecule has 0 radical (unpaired) electrons. The Balaban J connectivity index is 2.73. The summed E-state index contributed by atoms with van der Waals surface area (Å²) in [6, 6.07) is 6.55. The quantitative estimate of drug-likeness (QED) is 0.772. The van der Waals surface area contributed by atoms with Gasteiger partial charge in [-0.05, 0) is 30.5 Å². The maximum Gasteiger partial charge on any atom is 0.331 e. The molecular weight excluding hydrogens is 240 g/mol. The lowest BCUT2D eigenvalue weighted by molar-refractivity contribution is -0.132. The largest absolute Gasteiger partial charge is 0.478 e. The Bertz CT molecular complexity index is 611. The van der Waals surface area contributed by atoms with E-state index in [0.29, 0.717) is 11.1 Å². The first-order valence-electron chi connectivity index (χ1n) is 5.18. The Morgan fingerprint density at radius 1 is 1.29 bits per heavy atom. The van der Waals surface area contributed by atoms with Crippen molar-refractivity contribution in [2.24, 2.45) is 0 Å². The van der Waals surface area contributed by atoms with Gasteiger partial charge < -0.3 is 5.11 Å². The Morgan fingerprint density at radius 2 is 1.94 bits per heavy atom. The zero-order valence-electron chi connectivity index (χ0n) is 9.30. The van der Waals surface area contributed by atoms with E-state index in [9.17, 15) is 13.2 Å². The second kappa shape index (κ2) is 4.00. The van der Waals surface area contributed by atoms with Crippen molar-refractivity contribution in [1.29, 1.82) is 0 Å². The second-order valence-corrected chi connectivity index (χ2v) is 6.05. The molecule has 1 aromatic carbocycles. The van der Waals surface area contributed by atoms with Crippen LogP contribution in [0.2, 0.25) is 0 Å². The molecule has 0 aromatic heterocycles. The molecule has 1 aromatic rings. The van der Waals surface area contributed by atoms with Gasteiger partial charge in [-0.1, -0.05) is 18.2 Å². The first-order chi connectivity index (χ1) is 7.93. The Hall–Kier alpha value is -1.62. The summed E-state index contributed by atoms with van der Waals surface area (Å²) in [5.74, 6) is -1.03. The lowest BCUT2D eigenvalue weighted by Crippen LogP contribution is -2.17. The maximum atomic E-state index is 11.8. The topological polar surface area (TPSA) is 71.4 Å². The monoisotopic (exact) mass is 252 g/mol. The van der Waals surface area contributed by atoms with E-state index in [0.717, 1.165) is 0 Å². The highest BCUT2D eigenvalue weighted by Gasteiger charge is 2.28. The van der Waals surface area contributed by atoms with Crippen LogP contribution in [0, 0.1) is 0 Å². The van der Waals surface area contributed by atoms with Crippen LogP contribution in [0.25, 0.3) is 5.57 Å². The molecule has 17 heavy (non-hydrogen) atoms. The molecule has 0 amide bonds. The highest BCUT2D eigenvalue weighted by molar-refractivity contribution is 7.91. The van der Waals surface area contributed by atoms with E-state index in [-0.39, 0.29) is 22.6 Å². The summed E-state index contributed by atoms with van der Waals surface area (Å²) < 4.78 is 23.7. The summed E-state index contributed by atoms with van der Waals surface area (Å²) >= 11 is 0. The fraction of sp³-hybridized carbons (Fsp3) is 0.250. The zero-order valence-corrected chi connectivity index (χ0v) is 10.1. The van der Waals surface area contributed by atoms with Crippen molar-refractivity contribution < 1.29 is 18.3 Å². The molecule has 90 valence electrons. The van der Waals surface area contributed by atoms with Crippen LogP contribution in [0.5, 0.6) is 0 Å². The molecule has 0 spiro atoms. The minimum Gasteiger partial charge on any atom is -0.478 e. The third-order valence-electron chi connectivity index (χ3n) is 2.94. The van der Waals surface area contributed by atoms with Crippen LogP contribution >= 0.6 is 0 Å². The van der Waals surface area contributed by atoms with Crippen molar-refractivity contribution >= 4 is 21.4 Å². The van der Waals surface area contributed by atoms with Gasteiger partial charge in [0.05, 0.1) is 10.6 Å². The standard InChI is InChI=1S/C12H12O4S/c1-8(12(13)14)9-6-7-17(15,16)11-5-3-2-4-10(9)11/h2-5H,6-7H2,1H3,(H,13,14)/b9-8+. The highest BCUT2D eigenvalue weighted by Crippen LogP contribution is 2.34. The zero-order chi connectivity index (χ0) is 12.6. The van der Waals surface area contributed by atoms with Crippen molar-refractivity contribution in [3.05, 3.63) is 35.4 Å². The van der Waals surface area contributed by atoms with Crippen LogP contribution < -0.4 is 0 Å². The number of carboxylic acid groups (broad SMARTS) is 1. The van der Waals surface area contributed by atoms with E-state index in [2.05, 4.69) is 0 Å². The molecule has 0 bridgehead atoms. The summed E-state index contributed by atoms with van der Waals surface area (Å²) in [5, 5.41) is 8.98. The SMILES string of the molecule is C/C(C(=O)O)=C1/CCS(=O)(=O)c2ccccc21. The van der Waals surface area contributed by atoms with E-state index in [4.69, 9.17) is 5.11 Å². The summed E-state index contributed by atoms with van der Waals surface area (Å²) in [6.45, 7) is 1.51. The summed E-state index contributed by atoms with van der Waals surface area (Å²) in [6.07, 6.45) is 0.261. The molecule has 0 atom stereocenters. The molecule has 2 rings (SSSR count). The number of carbonyl (C=O) groups is 1. The van der Waals surface area contributed by atoms with Crippen LogP contribution in [0.3, 0.4) is 0 Å². The molecule has 5 heteroatoms. The van der Waals surface area contributed by atoms with E-state index in [1.807, 2.05) is 0 Å². The summed E-state index contributed by atoms with van der Waals surface area (Å²) in [7, 11) is -3.26. The Kier molecular flexibility index (Phi) is 2.79. The lowest BCUT2D eigenvalue weighted by Gasteiger charge is -2.20. The Morgan fingerprint density at radius 3 is 2.59 bits per heavy atom. The number of hydrogen-bond acceptors (Lipinski definition) is 3. The molecule has 0 aliphatic carbocycles. The second-order valence-electron chi connectivity index (χ2n) is 3.97. The average Bonchev–Trinajstić information content (AvgIpc) is 2.28. The summed E-state index contributed by atoms with van der Waals surface area (Å²) in [5.41, 5.74) is 1.36. The van der Waals surface area contributed by atoms with Gasteiger partial charge in [-0.2, -0.15) is 0 Å². The van der Waals surface area contributed by atoms with E-state index >= 15 is 0 Å². The van der Waals surface area contributed by atoms with Gasteiger partial charge in [0.15, 0.2) is 9.84 Å². The van der Waals surface area contributed by atoms with Gasteiger partial charge in [0.25, 0.3) is 0 Å². The molecule has 1 aliphatic rings. The number of benzene rings is 1. The van der Waals surface area contributed by atoms with Crippen LogP contribution in [0.4, 0.5) is 0 Å². The number of carboxylic acids is 1. The minimum absolute atomic E-state index is 0.0238. The minimum atomic E-state index is -3.26. The van der Waals surface area contributed by atoms with Gasteiger partial charge in [0, 0.05) is 5.57 Å². The van der Waals surface area contributed by atoms with Crippen LogP contribution in [0.1, 0.15) is 18.9 Å². The van der Waals surface area contributed by atoms with Gasteiger partial charge in [0.2, 0.25) is 0 Å². The Labute approximate surface area is 99.5 Å². The van der Waals surface area contributed by atoms with Crippen molar-refractivity contribution in [3.8, 4) is 0 Å². The maximum absolute atomic E-state index is 11.8. The van der Waals surface area contributed by atoms with Crippen LogP contribution in [-0.2, 0) is 14.6 Å². The third kappa shape index (κ3) is 1.98. The molecular formula is C12H12O4S. The smallest absolute Gasteiger partial charge is 0.331 e. The van der Waals surface area contributed by atoms with Crippen LogP contribution in [0.15, 0.2) is 34.7 Å². The van der Waals surface area contributed by atoms with E-state index in [1.54, 1.807) is 18.2 Å². The number of allylic oxidation sites excluding steroid dienone is 1. The van der Waals surface area contributed by atoms with Crippen molar-refractivity contribution in [3.63, 3.8) is 0 Å². The number of aliphatic carboxylic acids is 1. The third-order valence-corrected chi connectivity index (χ3v) is 4.71. The van der Waals surface area contributed by atoms with Crippen LogP contribution in [-0.4, -0.2) is 25.2 Å². The van der Waals surface area contributed by atoms with Gasteiger partial charge in [-0.3, -0.25) is 0 Å². The predicted molar refractivity (Wildman–Crippen MR) is 63.3 cm³/mol. The first kappa shape index (κ1) is 11.9. The number of fused-ring (bicyclic) bond motifs is 1. The number of rotatable bonds is 1. The molecule has 4 nitrogen and oxygen atoms in total. The molecule has 0 saturated heterocycles. The van der Waals surface area contributed by atoms with Crippen molar-refractivity contribution in [2.45, 2.75) is 18.2 Å².